The summed E-state index contributed by atoms with van der Waals surface area (Å²) in [7, 11) is 1.79. The predicted molar refractivity (Wildman–Crippen MR) is 107 cm³/mol. The fraction of sp³-hybridized carbons (Fsp3) is 0.250. The summed E-state index contributed by atoms with van der Waals surface area (Å²) in [5.74, 6) is 0.0321. The number of aromatic nitrogens is 2. The summed E-state index contributed by atoms with van der Waals surface area (Å²) in [5, 5.41) is 8.37. The number of hydrogen-bond acceptors (Lipinski definition) is 4. The molecule has 1 saturated heterocycles. The lowest BCUT2D eigenvalue weighted by atomic mass is 10.1. The molecule has 1 aliphatic rings. The highest BCUT2D eigenvalue weighted by Gasteiger charge is 2.19. The maximum Gasteiger partial charge on any atom is 0.256 e. The van der Waals surface area contributed by atoms with Gasteiger partial charge in [-0.15, -0.1) is 0 Å². The Morgan fingerprint density at radius 2 is 1.75 bits per heavy atom. The molecule has 144 valence electrons. The van der Waals surface area contributed by atoms with E-state index in [2.05, 4.69) is 10.4 Å². The zero-order valence-corrected chi connectivity index (χ0v) is 16.1. The summed E-state index contributed by atoms with van der Waals surface area (Å²) in [6, 6.07) is 12.1. The molecule has 1 aliphatic heterocycles. The molecule has 3 aromatic rings. The Hall–Kier alpha value is -2.90. The number of hydrogen-bond donors (Lipinski definition) is 1. The summed E-state index contributed by atoms with van der Waals surface area (Å²) in [5.41, 5.74) is 1.81. The van der Waals surface area contributed by atoms with Gasteiger partial charge in [-0.25, -0.2) is 0 Å². The highest BCUT2D eigenvalue weighted by molar-refractivity contribution is 6.36. The average molecular weight is 399 g/mol. The first kappa shape index (κ1) is 18.5. The third-order valence-corrected chi connectivity index (χ3v) is 5.07. The van der Waals surface area contributed by atoms with E-state index in [0.717, 1.165) is 5.52 Å². The van der Waals surface area contributed by atoms with Crippen LogP contribution < -0.4 is 5.32 Å². The quantitative estimate of drug-likeness (QED) is 0.735. The summed E-state index contributed by atoms with van der Waals surface area (Å²) in [6.45, 7) is 2.25. The second-order valence-electron chi connectivity index (χ2n) is 6.54. The van der Waals surface area contributed by atoms with Crippen molar-refractivity contribution in [3.63, 3.8) is 0 Å². The molecule has 0 saturated carbocycles. The fourth-order valence-electron chi connectivity index (χ4n) is 3.25. The van der Waals surface area contributed by atoms with Gasteiger partial charge in [0.1, 0.15) is 0 Å². The number of fused-ring (bicyclic) bond motifs is 1. The van der Waals surface area contributed by atoms with Crippen LogP contribution in [0.5, 0.6) is 0 Å². The molecule has 0 unspecified atom stereocenters. The van der Waals surface area contributed by atoms with Crippen LogP contribution in [0, 0.1) is 0 Å². The van der Waals surface area contributed by atoms with Gasteiger partial charge in [-0.2, -0.15) is 5.10 Å². The van der Waals surface area contributed by atoms with Gasteiger partial charge in [0.15, 0.2) is 5.82 Å². The number of benzene rings is 2. The maximum atomic E-state index is 12.6. The second-order valence-corrected chi connectivity index (χ2v) is 6.95. The van der Waals surface area contributed by atoms with Crippen LogP contribution in [0.4, 0.5) is 5.82 Å². The maximum absolute atomic E-state index is 12.6. The van der Waals surface area contributed by atoms with Gasteiger partial charge in [0, 0.05) is 31.3 Å². The molecular formula is C20H19ClN4O3. The van der Waals surface area contributed by atoms with E-state index in [9.17, 15) is 9.59 Å². The summed E-state index contributed by atoms with van der Waals surface area (Å²) >= 11 is 6.28. The number of nitrogens with zero attached hydrogens (tertiary/aromatic N) is 3. The minimum absolute atomic E-state index is 0.0576. The third-order valence-electron chi connectivity index (χ3n) is 4.75. The van der Waals surface area contributed by atoms with Gasteiger partial charge in [0.05, 0.1) is 29.1 Å². The molecule has 8 heteroatoms. The van der Waals surface area contributed by atoms with Crippen molar-refractivity contribution in [2.75, 3.05) is 31.6 Å². The minimum atomic E-state index is -0.315. The first-order chi connectivity index (χ1) is 13.5. The molecule has 7 nitrogen and oxygen atoms in total. The molecule has 1 aromatic heterocycles. The molecule has 0 atom stereocenters. The van der Waals surface area contributed by atoms with E-state index in [-0.39, 0.29) is 11.8 Å². The molecule has 28 heavy (non-hydrogen) atoms. The molecule has 0 spiro atoms. The second kappa shape index (κ2) is 7.61. The van der Waals surface area contributed by atoms with Crippen LogP contribution in [0.1, 0.15) is 20.7 Å². The third kappa shape index (κ3) is 3.46. The van der Waals surface area contributed by atoms with Crippen molar-refractivity contribution in [1.82, 2.24) is 14.7 Å². The van der Waals surface area contributed by atoms with Crippen LogP contribution in [-0.4, -0.2) is 52.8 Å². The van der Waals surface area contributed by atoms with E-state index in [1.165, 1.54) is 0 Å². The van der Waals surface area contributed by atoms with E-state index in [0.29, 0.717) is 53.7 Å². The number of anilines is 1. The highest BCUT2D eigenvalue weighted by atomic mass is 35.5. The zero-order valence-electron chi connectivity index (χ0n) is 15.3. The summed E-state index contributed by atoms with van der Waals surface area (Å²) in [4.78, 5) is 26.9. The Balaban J connectivity index is 1.52. The van der Waals surface area contributed by atoms with Crippen LogP contribution in [0.25, 0.3) is 10.9 Å². The highest BCUT2D eigenvalue weighted by Crippen LogP contribution is 2.29. The molecule has 2 heterocycles. The molecule has 2 amide bonds. The summed E-state index contributed by atoms with van der Waals surface area (Å²) in [6.07, 6.45) is 0. The Morgan fingerprint density at radius 3 is 2.46 bits per heavy atom. The largest absolute Gasteiger partial charge is 0.378 e. The van der Waals surface area contributed by atoms with Crippen LogP contribution in [0.15, 0.2) is 42.5 Å². The standard InChI is InChI=1S/C20H19ClN4O3/c1-24-16-4-2-3-15(21)17(16)18(23-24)22-19(26)13-5-7-14(8-6-13)20(27)25-9-11-28-12-10-25/h2-8H,9-12H2,1H3,(H,22,23,26). The molecule has 2 aromatic carbocycles. The van der Waals surface area contributed by atoms with Gasteiger partial charge in [-0.1, -0.05) is 17.7 Å². The van der Waals surface area contributed by atoms with Crippen molar-refractivity contribution in [2.45, 2.75) is 0 Å². The van der Waals surface area contributed by atoms with Crippen molar-refractivity contribution in [3.8, 4) is 0 Å². The van der Waals surface area contributed by atoms with E-state index >= 15 is 0 Å². The smallest absolute Gasteiger partial charge is 0.256 e. The number of carbonyl (C=O) groups excluding carboxylic acids is 2. The van der Waals surface area contributed by atoms with E-state index < -0.39 is 0 Å². The number of ether oxygens (including phenoxy) is 1. The van der Waals surface area contributed by atoms with Gasteiger partial charge < -0.3 is 15.0 Å². The van der Waals surface area contributed by atoms with E-state index in [1.807, 2.05) is 12.1 Å². The van der Waals surface area contributed by atoms with Crippen molar-refractivity contribution in [3.05, 3.63) is 58.6 Å². The Morgan fingerprint density at radius 1 is 1.07 bits per heavy atom. The Bertz CT molecular complexity index is 1040. The minimum Gasteiger partial charge on any atom is -0.378 e. The van der Waals surface area contributed by atoms with Crippen molar-refractivity contribution in [2.24, 2.45) is 7.05 Å². The topological polar surface area (TPSA) is 76.5 Å². The monoisotopic (exact) mass is 398 g/mol. The van der Waals surface area contributed by atoms with Crippen LogP contribution >= 0.6 is 11.6 Å². The molecule has 0 bridgehead atoms. The number of rotatable bonds is 3. The van der Waals surface area contributed by atoms with Crippen molar-refractivity contribution >= 4 is 40.1 Å². The zero-order chi connectivity index (χ0) is 19.7. The van der Waals surface area contributed by atoms with Crippen molar-refractivity contribution < 1.29 is 14.3 Å². The lowest BCUT2D eigenvalue weighted by Gasteiger charge is -2.26. The molecule has 1 fully saturated rings. The number of nitrogens with one attached hydrogen (secondary N) is 1. The number of amides is 2. The van der Waals surface area contributed by atoms with Crippen molar-refractivity contribution in [1.29, 1.82) is 0 Å². The lowest BCUT2D eigenvalue weighted by molar-refractivity contribution is 0.0303. The number of carbonyl (C=O) groups is 2. The van der Waals surface area contributed by atoms with Gasteiger partial charge in [-0.3, -0.25) is 14.3 Å². The van der Waals surface area contributed by atoms with Crippen LogP contribution in [0.2, 0.25) is 5.02 Å². The first-order valence-electron chi connectivity index (χ1n) is 8.94. The van der Waals surface area contributed by atoms with Gasteiger partial charge in [0.25, 0.3) is 11.8 Å². The first-order valence-corrected chi connectivity index (χ1v) is 9.32. The van der Waals surface area contributed by atoms with Gasteiger partial charge in [-0.05, 0) is 36.4 Å². The number of aryl methyl sites for hydroxylation is 1. The van der Waals surface area contributed by atoms with Gasteiger partial charge >= 0.3 is 0 Å². The van der Waals surface area contributed by atoms with Crippen LogP contribution in [0.3, 0.4) is 0 Å². The van der Waals surface area contributed by atoms with E-state index in [1.54, 1.807) is 47.0 Å². The molecule has 1 N–H and O–H groups in total. The predicted octanol–water partition coefficient (Wildman–Crippen LogP) is 2.95. The number of halogens is 1. The Labute approximate surface area is 166 Å². The molecule has 4 rings (SSSR count). The molecule has 0 aliphatic carbocycles. The Kier molecular flexibility index (Phi) is 5.02. The lowest BCUT2D eigenvalue weighted by Crippen LogP contribution is -2.40. The fourth-order valence-corrected chi connectivity index (χ4v) is 3.51. The molecular weight excluding hydrogens is 380 g/mol. The molecule has 0 radical (unpaired) electrons. The number of morpholine rings is 1. The van der Waals surface area contributed by atoms with E-state index in [4.69, 9.17) is 16.3 Å². The SMILES string of the molecule is Cn1nc(NC(=O)c2ccc(C(=O)N3CCOCC3)cc2)c2c(Cl)cccc21. The van der Waals surface area contributed by atoms with Crippen LogP contribution in [-0.2, 0) is 11.8 Å². The normalized spacial score (nSPS) is 14.3. The average Bonchev–Trinajstić information content (AvgIpc) is 3.05. The summed E-state index contributed by atoms with van der Waals surface area (Å²) < 4.78 is 6.94. The van der Waals surface area contributed by atoms with Gasteiger partial charge in [0.2, 0.25) is 0 Å².